The Bertz CT molecular complexity index is 560. The van der Waals surface area contributed by atoms with Crippen molar-refractivity contribution in [2.45, 2.75) is 13.0 Å². The fourth-order valence-corrected chi connectivity index (χ4v) is 1.52. The minimum absolute atomic E-state index is 0.0352. The number of nitrogens with zero attached hydrogens (tertiary/aromatic N) is 1. The second-order valence-electron chi connectivity index (χ2n) is 3.78. The van der Waals surface area contributed by atoms with Crippen LogP contribution in [0.25, 0.3) is 0 Å². The van der Waals surface area contributed by atoms with E-state index >= 15 is 0 Å². The summed E-state index contributed by atoms with van der Waals surface area (Å²) >= 11 is 5.57. The van der Waals surface area contributed by atoms with Crippen molar-refractivity contribution >= 4 is 11.6 Å². The van der Waals surface area contributed by atoms with Gasteiger partial charge >= 0.3 is 0 Å². The topological polar surface area (TPSA) is 42.4 Å². The molecule has 2 aromatic rings. The number of halogens is 2. The molecule has 3 nitrogen and oxygen atoms in total. The number of aromatic nitrogens is 1. The van der Waals surface area contributed by atoms with Gasteiger partial charge in [-0.3, -0.25) is 0 Å². The van der Waals surface area contributed by atoms with E-state index in [1.807, 2.05) is 0 Å². The number of ether oxygens (including phenoxy) is 1. The van der Waals surface area contributed by atoms with E-state index in [4.69, 9.17) is 16.3 Å². The van der Waals surface area contributed by atoms with Crippen molar-refractivity contribution in [1.29, 1.82) is 0 Å². The fraction of sp³-hybridized carbons (Fsp3) is 0.154. The lowest BCUT2D eigenvalue weighted by atomic mass is 10.2. The Morgan fingerprint density at radius 3 is 2.78 bits per heavy atom. The number of aliphatic hydroxyl groups excluding tert-OH is 1. The molecule has 1 N–H and O–H groups in total. The van der Waals surface area contributed by atoms with Crippen LogP contribution in [0.1, 0.15) is 18.6 Å². The van der Waals surface area contributed by atoms with Crippen LogP contribution in [0.15, 0.2) is 36.5 Å². The first-order valence-electron chi connectivity index (χ1n) is 5.33. The van der Waals surface area contributed by atoms with Crippen molar-refractivity contribution in [3.63, 3.8) is 0 Å². The zero-order chi connectivity index (χ0) is 13.1. The molecule has 0 aliphatic heterocycles. The molecule has 0 aliphatic carbocycles. The Morgan fingerprint density at radius 1 is 1.33 bits per heavy atom. The molecular weight excluding hydrogens is 257 g/mol. The van der Waals surface area contributed by atoms with Crippen molar-refractivity contribution in [3.8, 4) is 11.6 Å². The molecule has 0 unspecified atom stereocenters. The maximum Gasteiger partial charge on any atom is 0.219 e. The Hall–Kier alpha value is -1.65. The lowest BCUT2D eigenvalue weighted by Gasteiger charge is -2.08. The smallest absolute Gasteiger partial charge is 0.219 e. The summed E-state index contributed by atoms with van der Waals surface area (Å²) in [6.45, 7) is 1.64. The first kappa shape index (κ1) is 12.8. The third-order valence-corrected chi connectivity index (χ3v) is 2.66. The third-order valence-electron chi connectivity index (χ3n) is 2.35. The van der Waals surface area contributed by atoms with Gasteiger partial charge in [0.2, 0.25) is 5.88 Å². The van der Waals surface area contributed by atoms with E-state index in [1.165, 1.54) is 18.3 Å². The van der Waals surface area contributed by atoms with E-state index in [2.05, 4.69) is 4.98 Å². The van der Waals surface area contributed by atoms with Crippen LogP contribution in [0.4, 0.5) is 4.39 Å². The average molecular weight is 268 g/mol. The van der Waals surface area contributed by atoms with Gasteiger partial charge in [-0.15, -0.1) is 0 Å². The largest absolute Gasteiger partial charge is 0.439 e. The minimum Gasteiger partial charge on any atom is -0.439 e. The molecule has 1 atom stereocenters. The maximum absolute atomic E-state index is 13.2. The highest BCUT2D eigenvalue weighted by molar-refractivity contribution is 6.30. The van der Waals surface area contributed by atoms with Crippen LogP contribution in [0.3, 0.4) is 0 Å². The highest BCUT2D eigenvalue weighted by atomic mass is 35.5. The molecule has 5 heteroatoms. The van der Waals surface area contributed by atoms with Gasteiger partial charge in [-0.2, -0.15) is 0 Å². The second kappa shape index (κ2) is 5.33. The highest BCUT2D eigenvalue weighted by Crippen LogP contribution is 2.25. The van der Waals surface area contributed by atoms with Gasteiger partial charge in [0.05, 0.1) is 11.1 Å². The molecule has 0 saturated carbocycles. The molecule has 1 aromatic carbocycles. The highest BCUT2D eigenvalue weighted by Gasteiger charge is 2.06. The quantitative estimate of drug-likeness (QED) is 0.922. The summed E-state index contributed by atoms with van der Waals surface area (Å²) in [5.41, 5.74) is 0.675. The lowest BCUT2D eigenvalue weighted by molar-refractivity contribution is 0.198. The van der Waals surface area contributed by atoms with Gasteiger partial charge in [-0.1, -0.05) is 11.6 Å². The monoisotopic (exact) mass is 267 g/mol. The molecule has 0 spiro atoms. The van der Waals surface area contributed by atoms with Crippen LogP contribution in [0.2, 0.25) is 5.02 Å². The van der Waals surface area contributed by atoms with Crippen molar-refractivity contribution in [1.82, 2.24) is 4.98 Å². The molecule has 1 heterocycles. The van der Waals surface area contributed by atoms with E-state index in [1.54, 1.807) is 25.1 Å². The molecule has 0 amide bonds. The lowest BCUT2D eigenvalue weighted by Crippen LogP contribution is -1.94. The number of pyridine rings is 1. The molecule has 18 heavy (non-hydrogen) atoms. The van der Waals surface area contributed by atoms with Crippen molar-refractivity contribution < 1.29 is 14.2 Å². The number of hydrogen-bond acceptors (Lipinski definition) is 3. The predicted octanol–water partition coefficient (Wildman–Crippen LogP) is 3.72. The summed E-state index contributed by atoms with van der Waals surface area (Å²) in [6.07, 6.45) is 0.904. The second-order valence-corrected chi connectivity index (χ2v) is 4.19. The molecule has 1 aromatic heterocycles. The first-order valence-corrected chi connectivity index (χ1v) is 5.71. The number of aliphatic hydroxyl groups is 1. The SMILES string of the molecule is C[C@@H](O)c1ccnc(Oc2ccc(Cl)c(F)c2)c1. The molecule has 94 valence electrons. The van der Waals surface area contributed by atoms with E-state index in [0.717, 1.165) is 0 Å². The summed E-state index contributed by atoms with van der Waals surface area (Å²) in [5.74, 6) is 0.0307. The molecule has 0 aliphatic rings. The third kappa shape index (κ3) is 2.97. The Balaban J connectivity index is 2.23. The van der Waals surface area contributed by atoms with Gasteiger partial charge in [0.15, 0.2) is 0 Å². The van der Waals surface area contributed by atoms with Gasteiger partial charge < -0.3 is 9.84 Å². The van der Waals surface area contributed by atoms with Crippen molar-refractivity contribution in [2.75, 3.05) is 0 Å². The molecule has 0 saturated heterocycles. The fourth-order valence-electron chi connectivity index (χ4n) is 1.40. The molecule has 0 bridgehead atoms. The summed E-state index contributed by atoms with van der Waals surface area (Å²) in [6, 6.07) is 7.41. The van der Waals surface area contributed by atoms with Crippen LogP contribution in [0, 0.1) is 5.82 Å². The normalized spacial score (nSPS) is 12.2. The van der Waals surface area contributed by atoms with Gasteiger partial charge in [0.1, 0.15) is 11.6 Å². The van der Waals surface area contributed by atoms with Gasteiger partial charge in [-0.05, 0) is 30.7 Å². The Kier molecular flexibility index (Phi) is 3.79. The number of hydrogen-bond donors (Lipinski definition) is 1. The van der Waals surface area contributed by atoms with Crippen molar-refractivity contribution in [3.05, 3.63) is 52.9 Å². The Labute approximate surface area is 109 Å². The summed E-state index contributed by atoms with van der Waals surface area (Å²) < 4.78 is 18.6. The van der Waals surface area contributed by atoms with Gasteiger partial charge in [-0.25, -0.2) is 9.37 Å². The summed E-state index contributed by atoms with van der Waals surface area (Å²) in [5, 5.41) is 9.47. The van der Waals surface area contributed by atoms with Crippen LogP contribution >= 0.6 is 11.6 Å². The zero-order valence-electron chi connectivity index (χ0n) is 9.60. The zero-order valence-corrected chi connectivity index (χ0v) is 10.4. The Morgan fingerprint density at radius 2 is 2.11 bits per heavy atom. The van der Waals surface area contributed by atoms with E-state index < -0.39 is 11.9 Å². The van der Waals surface area contributed by atoms with Crippen LogP contribution in [-0.4, -0.2) is 10.1 Å². The van der Waals surface area contributed by atoms with Crippen LogP contribution < -0.4 is 4.74 Å². The number of rotatable bonds is 3. The van der Waals surface area contributed by atoms with Crippen LogP contribution in [-0.2, 0) is 0 Å². The van der Waals surface area contributed by atoms with Crippen molar-refractivity contribution in [2.24, 2.45) is 0 Å². The van der Waals surface area contributed by atoms with E-state index in [-0.39, 0.29) is 10.9 Å². The van der Waals surface area contributed by atoms with Gasteiger partial charge in [0.25, 0.3) is 0 Å². The molecule has 0 fully saturated rings. The molecule has 0 radical (unpaired) electrons. The van der Waals surface area contributed by atoms with E-state index in [0.29, 0.717) is 11.3 Å². The molecular formula is C13H11ClFNO2. The standard InChI is InChI=1S/C13H11ClFNO2/c1-8(17)9-4-5-16-13(6-9)18-10-2-3-11(14)12(15)7-10/h2-8,17H,1H3/t8-/m1/s1. The molecule has 2 rings (SSSR count). The van der Waals surface area contributed by atoms with Gasteiger partial charge in [0, 0.05) is 18.3 Å². The predicted molar refractivity (Wildman–Crippen MR) is 66.4 cm³/mol. The summed E-state index contributed by atoms with van der Waals surface area (Å²) in [4.78, 5) is 3.98. The van der Waals surface area contributed by atoms with Crippen LogP contribution in [0.5, 0.6) is 11.6 Å². The average Bonchev–Trinajstić information content (AvgIpc) is 2.34. The maximum atomic E-state index is 13.2. The minimum atomic E-state index is -0.614. The number of benzene rings is 1. The summed E-state index contributed by atoms with van der Waals surface area (Å²) in [7, 11) is 0. The first-order chi connectivity index (χ1) is 8.56. The van der Waals surface area contributed by atoms with E-state index in [9.17, 15) is 9.50 Å².